The average Bonchev–Trinajstić information content (AvgIpc) is 2.14. The predicted octanol–water partition coefficient (Wildman–Crippen LogP) is 0.522. The number of carbonyl (C=O) groups is 3. The van der Waals surface area contributed by atoms with Gasteiger partial charge in [0.25, 0.3) is 5.91 Å². The highest BCUT2D eigenvalue weighted by Crippen LogP contribution is 2.33. The maximum absolute atomic E-state index is 11.7. The van der Waals surface area contributed by atoms with E-state index in [4.69, 9.17) is 11.1 Å². The van der Waals surface area contributed by atoms with Crippen LogP contribution in [-0.2, 0) is 14.4 Å². The molecule has 0 aromatic carbocycles. The van der Waals surface area contributed by atoms with E-state index in [1.807, 2.05) is 13.8 Å². The van der Waals surface area contributed by atoms with Gasteiger partial charge in [0.05, 0.1) is 11.1 Å². The van der Waals surface area contributed by atoms with Crippen molar-refractivity contribution in [2.24, 2.45) is 11.1 Å². The Bertz CT molecular complexity index is 458. The number of amides is 1. The van der Waals surface area contributed by atoms with Crippen LogP contribution < -0.4 is 5.73 Å². The van der Waals surface area contributed by atoms with E-state index in [1.165, 1.54) is 0 Å². The molecule has 1 amide bonds. The van der Waals surface area contributed by atoms with Gasteiger partial charge in [-0.1, -0.05) is 13.8 Å². The van der Waals surface area contributed by atoms with Gasteiger partial charge in [-0.3, -0.25) is 20.3 Å². The third-order valence-electron chi connectivity index (χ3n) is 2.55. The lowest BCUT2D eigenvalue weighted by atomic mass is 9.74. The predicted molar refractivity (Wildman–Crippen MR) is 62.2 cm³/mol. The minimum atomic E-state index is -0.939. The summed E-state index contributed by atoms with van der Waals surface area (Å²) in [5.74, 6) is -0.0615. The Kier molecular flexibility index (Phi) is 3.44. The highest BCUT2D eigenvalue weighted by Gasteiger charge is 2.35. The number of ketones is 2. The molecular weight excluding hydrogens is 220 g/mol. The molecular formula is C12H13N2O3-. The van der Waals surface area contributed by atoms with Crippen molar-refractivity contribution < 1.29 is 14.4 Å². The maximum Gasteiger partial charge on any atom is 0.254 e. The van der Waals surface area contributed by atoms with Crippen LogP contribution in [-0.4, -0.2) is 23.3 Å². The first-order valence-corrected chi connectivity index (χ1v) is 5.12. The molecule has 0 spiro atoms. The summed E-state index contributed by atoms with van der Waals surface area (Å²) in [7, 11) is 0. The smallest absolute Gasteiger partial charge is 0.254 e. The summed E-state index contributed by atoms with van der Waals surface area (Å²) in [4.78, 5) is 34.3. The topological polar surface area (TPSA) is 99.5 Å². The molecule has 0 unspecified atom stereocenters. The zero-order valence-corrected chi connectivity index (χ0v) is 9.74. The third kappa shape index (κ3) is 2.98. The molecule has 0 radical (unpaired) electrons. The van der Waals surface area contributed by atoms with E-state index in [-0.39, 0.29) is 41.0 Å². The molecule has 1 aliphatic carbocycles. The van der Waals surface area contributed by atoms with Crippen LogP contribution in [0.25, 0.3) is 5.41 Å². The molecule has 0 bridgehead atoms. The number of allylic oxidation sites excluding steroid dienone is 1. The summed E-state index contributed by atoms with van der Waals surface area (Å²) in [6.45, 7) is 3.64. The number of nitrogens with zero attached hydrogens (tertiary/aromatic N) is 1. The van der Waals surface area contributed by atoms with Crippen molar-refractivity contribution in [1.82, 2.24) is 0 Å². The summed E-state index contributed by atoms with van der Waals surface area (Å²) in [6, 6.07) is 0. The van der Waals surface area contributed by atoms with Crippen LogP contribution >= 0.6 is 0 Å². The summed E-state index contributed by atoms with van der Waals surface area (Å²) in [6.07, 6.45) is 1.45. The lowest BCUT2D eigenvalue weighted by molar-refractivity contribution is -0.127. The van der Waals surface area contributed by atoms with Gasteiger partial charge in [-0.25, -0.2) is 0 Å². The van der Waals surface area contributed by atoms with Crippen LogP contribution in [0.4, 0.5) is 0 Å². The Hall–Kier alpha value is -2.00. The van der Waals surface area contributed by atoms with E-state index in [0.717, 1.165) is 6.08 Å². The van der Waals surface area contributed by atoms with Gasteiger partial charge in [-0.15, -0.1) is 0 Å². The Labute approximate surface area is 98.9 Å². The van der Waals surface area contributed by atoms with Crippen LogP contribution in [0.2, 0.25) is 0 Å². The first kappa shape index (κ1) is 13.1. The molecule has 0 heterocycles. The Balaban J connectivity index is 3.12. The van der Waals surface area contributed by atoms with Crippen molar-refractivity contribution >= 4 is 23.3 Å². The molecule has 1 aliphatic rings. The molecule has 0 atom stereocenters. The number of rotatable bonds is 2. The molecule has 0 aliphatic heterocycles. The highest BCUT2D eigenvalue weighted by molar-refractivity contribution is 6.23. The zero-order chi connectivity index (χ0) is 13.2. The van der Waals surface area contributed by atoms with E-state index in [9.17, 15) is 14.4 Å². The molecule has 17 heavy (non-hydrogen) atoms. The van der Waals surface area contributed by atoms with Crippen molar-refractivity contribution in [2.45, 2.75) is 26.7 Å². The number of nitrogens with two attached hydrogens (primary N) is 1. The van der Waals surface area contributed by atoms with Crippen LogP contribution in [0.15, 0.2) is 17.2 Å². The molecule has 0 aromatic heterocycles. The van der Waals surface area contributed by atoms with Gasteiger partial charge in [0.15, 0.2) is 11.6 Å². The van der Waals surface area contributed by atoms with Crippen LogP contribution in [0, 0.1) is 5.41 Å². The second kappa shape index (κ2) is 4.47. The Morgan fingerprint density at radius 2 is 1.82 bits per heavy atom. The van der Waals surface area contributed by atoms with Crippen molar-refractivity contribution in [3.63, 3.8) is 0 Å². The Morgan fingerprint density at radius 3 is 2.18 bits per heavy atom. The van der Waals surface area contributed by atoms with Crippen LogP contribution in [0.5, 0.6) is 0 Å². The van der Waals surface area contributed by atoms with Crippen LogP contribution in [0.1, 0.15) is 26.7 Å². The first-order chi connectivity index (χ1) is 7.76. The first-order valence-electron chi connectivity index (χ1n) is 5.12. The minimum Gasteiger partial charge on any atom is -0.763 e. The van der Waals surface area contributed by atoms with E-state index in [2.05, 4.69) is 0 Å². The van der Waals surface area contributed by atoms with E-state index in [0.29, 0.717) is 0 Å². The third-order valence-corrected chi connectivity index (χ3v) is 2.55. The molecule has 0 saturated heterocycles. The summed E-state index contributed by atoms with van der Waals surface area (Å²) < 4.78 is 0. The molecule has 1 saturated carbocycles. The SMILES string of the molecule is CC1(C)CC(=O)C(=CC(=C=[N-])C(N)=O)C(=O)C1. The molecule has 90 valence electrons. The fraction of sp³-hybridized carbons (Fsp3) is 0.417. The molecule has 1 fully saturated rings. The van der Waals surface area contributed by atoms with E-state index < -0.39 is 5.91 Å². The molecule has 1 rings (SSSR count). The molecule has 2 N–H and O–H groups in total. The maximum atomic E-state index is 11.7. The number of hydrogen-bond donors (Lipinski definition) is 1. The lowest BCUT2D eigenvalue weighted by Crippen LogP contribution is -2.31. The molecule has 5 heteroatoms. The van der Waals surface area contributed by atoms with Gasteiger partial charge in [0.1, 0.15) is 0 Å². The van der Waals surface area contributed by atoms with Gasteiger partial charge in [-0.05, 0) is 11.5 Å². The van der Waals surface area contributed by atoms with Crippen molar-refractivity contribution in [3.05, 3.63) is 22.6 Å². The fourth-order valence-corrected chi connectivity index (χ4v) is 1.74. The average molecular weight is 233 g/mol. The number of primary amides is 1. The summed E-state index contributed by atoms with van der Waals surface area (Å²) in [5.41, 5.74) is 4.10. The second-order valence-corrected chi connectivity index (χ2v) is 4.81. The minimum absolute atomic E-state index is 0.0975. The normalized spacial score (nSPS) is 18.6. The van der Waals surface area contributed by atoms with Crippen molar-refractivity contribution in [2.75, 3.05) is 0 Å². The summed E-state index contributed by atoms with van der Waals surface area (Å²) in [5, 5.41) is 8.65. The number of hydrogen-bond acceptors (Lipinski definition) is 3. The van der Waals surface area contributed by atoms with Crippen LogP contribution in [0.3, 0.4) is 0 Å². The van der Waals surface area contributed by atoms with Gasteiger partial charge < -0.3 is 11.1 Å². The lowest BCUT2D eigenvalue weighted by Gasteiger charge is -2.28. The number of Topliss-reactive ketones (excluding diaryl/α,β-unsaturated/α-hetero) is 2. The van der Waals surface area contributed by atoms with E-state index in [1.54, 1.807) is 5.87 Å². The van der Waals surface area contributed by atoms with Gasteiger partial charge in [0, 0.05) is 12.8 Å². The van der Waals surface area contributed by atoms with Gasteiger partial charge >= 0.3 is 0 Å². The quantitative estimate of drug-likeness (QED) is 0.427. The van der Waals surface area contributed by atoms with Crippen molar-refractivity contribution in [1.29, 1.82) is 0 Å². The zero-order valence-electron chi connectivity index (χ0n) is 9.74. The van der Waals surface area contributed by atoms with Gasteiger partial charge in [0.2, 0.25) is 0 Å². The second-order valence-electron chi connectivity index (χ2n) is 4.81. The molecule has 5 nitrogen and oxygen atoms in total. The summed E-state index contributed by atoms with van der Waals surface area (Å²) >= 11 is 0. The Morgan fingerprint density at radius 1 is 1.35 bits per heavy atom. The monoisotopic (exact) mass is 233 g/mol. The fourth-order valence-electron chi connectivity index (χ4n) is 1.74. The van der Waals surface area contributed by atoms with Gasteiger partial charge in [-0.2, -0.15) is 0 Å². The largest absolute Gasteiger partial charge is 0.763 e. The molecule has 0 aromatic rings. The number of carbonyl (C=O) groups excluding carboxylic acids is 3. The van der Waals surface area contributed by atoms with E-state index >= 15 is 0 Å². The highest BCUT2D eigenvalue weighted by atomic mass is 16.2. The van der Waals surface area contributed by atoms with Crippen molar-refractivity contribution in [3.8, 4) is 0 Å². The standard InChI is InChI=1S/C12H13N2O3/c1-12(2)4-9(15)8(10(16)5-12)3-7(6-13)11(14)17/h3H,4-5H2,1-2H3,(H2,14,17)/q-1.